The molecule has 5 nitrogen and oxygen atoms in total. The van der Waals surface area contributed by atoms with Crippen molar-refractivity contribution in [2.24, 2.45) is 0 Å². The Labute approximate surface area is 212 Å². The monoisotopic (exact) mass is 484 g/mol. The van der Waals surface area contributed by atoms with Gasteiger partial charge in [-0.05, 0) is 62.1 Å². The van der Waals surface area contributed by atoms with Gasteiger partial charge < -0.3 is 18.9 Å². The van der Waals surface area contributed by atoms with Gasteiger partial charge in [0.25, 0.3) is 0 Å². The van der Waals surface area contributed by atoms with Gasteiger partial charge in [0.05, 0.1) is 6.61 Å². The molecule has 0 aliphatic carbocycles. The summed E-state index contributed by atoms with van der Waals surface area (Å²) in [5, 5.41) is 0. The lowest BCUT2D eigenvalue weighted by atomic mass is 10.1. The first-order valence-corrected chi connectivity index (χ1v) is 13.3. The predicted molar refractivity (Wildman–Crippen MR) is 142 cm³/mol. The van der Waals surface area contributed by atoms with E-state index in [1.807, 2.05) is 43.3 Å². The van der Waals surface area contributed by atoms with E-state index in [0.29, 0.717) is 6.61 Å². The average Bonchev–Trinajstić information content (AvgIpc) is 2.87. The molecular weight excluding hydrogens is 440 g/mol. The summed E-state index contributed by atoms with van der Waals surface area (Å²) < 4.78 is 22.6. The highest BCUT2D eigenvalue weighted by atomic mass is 16.6. The van der Waals surface area contributed by atoms with Crippen LogP contribution in [-0.2, 0) is 14.3 Å². The van der Waals surface area contributed by atoms with Gasteiger partial charge in [0, 0.05) is 6.61 Å². The lowest BCUT2D eigenvalue weighted by Crippen LogP contribution is -2.30. The molecule has 2 atom stereocenters. The van der Waals surface area contributed by atoms with Crippen LogP contribution in [0.15, 0.2) is 48.5 Å². The van der Waals surface area contributed by atoms with Crippen molar-refractivity contribution < 1.29 is 23.7 Å². The lowest BCUT2D eigenvalue weighted by molar-refractivity contribution is -0.162. The van der Waals surface area contributed by atoms with E-state index < -0.39 is 6.10 Å². The SMILES string of the molecule is CCCCCCCCOc1ccc(-c2ccc(OC[C@H](C)OC(=O)C(C)OCCCC)cc2)cc1. The van der Waals surface area contributed by atoms with Gasteiger partial charge in [0.1, 0.15) is 24.2 Å². The normalized spacial score (nSPS) is 12.7. The van der Waals surface area contributed by atoms with Crippen molar-refractivity contribution >= 4 is 5.97 Å². The van der Waals surface area contributed by atoms with E-state index in [-0.39, 0.29) is 18.7 Å². The summed E-state index contributed by atoms with van der Waals surface area (Å²) >= 11 is 0. The first-order valence-electron chi connectivity index (χ1n) is 13.3. The molecule has 2 aromatic rings. The van der Waals surface area contributed by atoms with Gasteiger partial charge in [0.2, 0.25) is 0 Å². The molecule has 0 fully saturated rings. The summed E-state index contributed by atoms with van der Waals surface area (Å²) in [5.74, 6) is 1.30. The number of benzene rings is 2. The number of rotatable bonds is 18. The number of hydrogen-bond donors (Lipinski definition) is 0. The Kier molecular flexibility index (Phi) is 13.9. The number of carbonyl (C=O) groups excluding carboxylic acids is 1. The smallest absolute Gasteiger partial charge is 0.335 e. The number of carbonyl (C=O) groups is 1. The first-order chi connectivity index (χ1) is 17.0. The Hall–Kier alpha value is -2.53. The third kappa shape index (κ3) is 11.6. The van der Waals surface area contributed by atoms with Crippen LogP contribution < -0.4 is 9.47 Å². The van der Waals surface area contributed by atoms with Crippen LogP contribution in [0.2, 0.25) is 0 Å². The van der Waals surface area contributed by atoms with E-state index in [4.69, 9.17) is 18.9 Å². The van der Waals surface area contributed by atoms with Gasteiger partial charge in [-0.1, -0.05) is 76.6 Å². The highest BCUT2D eigenvalue weighted by molar-refractivity contribution is 5.74. The van der Waals surface area contributed by atoms with E-state index in [1.54, 1.807) is 6.92 Å². The van der Waals surface area contributed by atoms with Crippen LogP contribution in [-0.4, -0.2) is 38.0 Å². The fourth-order valence-electron chi connectivity index (χ4n) is 3.57. The largest absolute Gasteiger partial charge is 0.494 e. The fraction of sp³-hybridized carbons (Fsp3) is 0.567. The summed E-state index contributed by atoms with van der Waals surface area (Å²) in [4.78, 5) is 12.1. The molecule has 194 valence electrons. The maximum atomic E-state index is 12.1. The molecule has 0 N–H and O–H groups in total. The molecule has 2 aromatic carbocycles. The minimum Gasteiger partial charge on any atom is -0.494 e. The molecule has 0 saturated heterocycles. The first kappa shape index (κ1) is 28.7. The molecule has 0 bridgehead atoms. The quantitative estimate of drug-likeness (QED) is 0.161. The summed E-state index contributed by atoms with van der Waals surface area (Å²) in [6, 6.07) is 16.1. The number of ether oxygens (including phenoxy) is 4. The third-order valence-corrected chi connectivity index (χ3v) is 5.81. The van der Waals surface area contributed by atoms with Gasteiger partial charge in [-0.25, -0.2) is 4.79 Å². The van der Waals surface area contributed by atoms with Crippen LogP contribution in [0.1, 0.15) is 79.1 Å². The molecule has 35 heavy (non-hydrogen) atoms. The molecule has 5 heteroatoms. The molecule has 1 unspecified atom stereocenters. The number of hydrogen-bond acceptors (Lipinski definition) is 5. The van der Waals surface area contributed by atoms with E-state index in [2.05, 4.69) is 26.0 Å². The fourth-order valence-corrected chi connectivity index (χ4v) is 3.57. The van der Waals surface area contributed by atoms with Crippen molar-refractivity contribution in [1.82, 2.24) is 0 Å². The molecule has 2 rings (SSSR count). The Bertz CT molecular complexity index is 816. The molecule has 0 spiro atoms. The van der Waals surface area contributed by atoms with Crippen LogP contribution in [0, 0.1) is 0 Å². The second kappa shape index (κ2) is 17.0. The highest BCUT2D eigenvalue weighted by Gasteiger charge is 2.18. The predicted octanol–water partition coefficient (Wildman–Crippen LogP) is 7.61. The maximum Gasteiger partial charge on any atom is 0.335 e. The molecule has 0 aromatic heterocycles. The molecule has 0 radical (unpaired) electrons. The van der Waals surface area contributed by atoms with Crippen molar-refractivity contribution in [2.75, 3.05) is 19.8 Å². The van der Waals surface area contributed by atoms with Gasteiger partial charge in [-0.2, -0.15) is 0 Å². The standard InChI is InChI=1S/C30H44O5/c1-5-7-9-10-11-12-22-33-28-17-13-26(14-18-28)27-15-19-29(20-16-27)34-23-24(3)35-30(31)25(4)32-21-8-6-2/h13-20,24-25H,5-12,21-23H2,1-4H3/t24-,25?/m0/s1. The molecule has 0 saturated carbocycles. The van der Waals surface area contributed by atoms with E-state index in [0.717, 1.165) is 48.5 Å². The summed E-state index contributed by atoms with van der Waals surface area (Å²) in [5.41, 5.74) is 2.24. The van der Waals surface area contributed by atoms with E-state index in [9.17, 15) is 4.79 Å². The minimum absolute atomic E-state index is 0.289. The number of unbranched alkanes of at least 4 members (excludes halogenated alkanes) is 6. The van der Waals surface area contributed by atoms with E-state index in [1.165, 1.54) is 32.1 Å². The Morgan fingerprint density at radius 1 is 0.686 bits per heavy atom. The highest BCUT2D eigenvalue weighted by Crippen LogP contribution is 2.25. The van der Waals surface area contributed by atoms with Crippen LogP contribution in [0.25, 0.3) is 11.1 Å². The third-order valence-electron chi connectivity index (χ3n) is 5.81. The van der Waals surface area contributed by atoms with Crippen LogP contribution in [0.5, 0.6) is 11.5 Å². The zero-order valence-corrected chi connectivity index (χ0v) is 22.1. The molecule has 0 heterocycles. The second-order valence-corrected chi connectivity index (χ2v) is 9.09. The van der Waals surface area contributed by atoms with E-state index >= 15 is 0 Å². The Balaban J connectivity index is 1.71. The molecular formula is C30H44O5. The molecule has 0 amide bonds. The van der Waals surface area contributed by atoms with Crippen molar-refractivity contribution in [1.29, 1.82) is 0 Å². The maximum absolute atomic E-state index is 12.1. The van der Waals surface area contributed by atoms with Crippen molar-refractivity contribution in [3.8, 4) is 22.6 Å². The topological polar surface area (TPSA) is 54.0 Å². The molecule has 0 aliphatic heterocycles. The Morgan fingerprint density at radius 3 is 1.83 bits per heavy atom. The van der Waals surface area contributed by atoms with Gasteiger partial charge in [-0.15, -0.1) is 0 Å². The van der Waals surface area contributed by atoms with Crippen molar-refractivity contribution in [2.45, 2.75) is 91.3 Å². The minimum atomic E-state index is -0.560. The average molecular weight is 485 g/mol. The second-order valence-electron chi connectivity index (χ2n) is 9.09. The summed E-state index contributed by atoms with van der Waals surface area (Å²) in [6.07, 6.45) is 8.63. The molecule has 0 aliphatic rings. The van der Waals surface area contributed by atoms with Gasteiger partial charge in [-0.3, -0.25) is 0 Å². The van der Waals surface area contributed by atoms with Gasteiger partial charge in [0.15, 0.2) is 6.10 Å². The summed E-state index contributed by atoms with van der Waals surface area (Å²) in [7, 11) is 0. The zero-order chi connectivity index (χ0) is 25.3. The Morgan fingerprint density at radius 2 is 1.23 bits per heavy atom. The zero-order valence-electron chi connectivity index (χ0n) is 22.1. The van der Waals surface area contributed by atoms with Crippen molar-refractivity contribution in [3.63, 3.8) is 0 Å². The van der Waals surface area contributed by atoms with Crippen LogP contribution in [0.4, 0.5) is 0 Å². The van der Waals surface area contributed by atoms with Crippen LogP contribution in [0.3, 0.4) is 0 Å². The number of esters is 1. The summed E-state index contributed by atoms with van der Waals surface area (Å²) in [6.45, 7) is 9.50. The lowest BCUT2D eigenvalue weighted by Gasteiger charge is -2.18. The van der Waals surface area contributed by atoms with Crippen LogP contribution >= 0.6 is 0 Å². The van der Waals surface area contributed by atoms with Crippen molar-refractivity contribution in [3.05, 3.63) is 48.5 Å². The van der Waals surface area contributed by atoms with Gasteiger partial charge >= 0.3 is 5.97 Å².